The summed E-state index contributed by atoms with van der Waals surface area (Å²) in [7, 11) is 1.62. The smallest absolute Gasteiger partial charge is 0.306 e. The second-order valence-electron chi connectivity index (χ2n) is 11.9. The molecule has 244 valence electrons. The van der Waals surface area contributed by atoms with Gasteiger partial charge in [-0.3, -0.25) is 9.59 Å². The van der Waals surface area contributed by atoms with Crippen LogP contribution < -0.4 is 5.32 Å². The van der Waals surface area contributed by atoms with Gasteiger partial charge in [-0.05, 0) is 18.8 Å². The number of amides is 1. The van der Waals surface area contributed by atoms with Crippen molar-refractivity contribution >= 4 is 11.9 Å². The summed E-state index contributed by atoms with van der Waals surface area (Å²) in [4.78, 5) is 24.3. The topological polar surface area (TPSA) is 73.9 Å². The zero-order valence-electron chi connectivity index (χ0n) is 27.6. The van der Waals surface area contributed by atoms with Gasteiger partial charge in [0.15, 0.2) is 0 Å². The van der Waals surface area contributed by atoms with Crippen LogP contribution in [-0.2, 0) is 23.8 Å². The number of hydrogen-bond acceptors (Lipinski definition) is 5. The first kappa shape index (κ1) is 39.9. The third-order valence-corrected chi connectivity index (χ3v) is 8.00. The maximum Gasteiger partial charge on any atom is 0.306 e. The molecule has 0 aliphatic carbocycles. The van der Waals surface area contributed by atoms with E-state index >= 15 is 0 Å². The number of rotatable bonds is 33. The van der Waals surface area contributed by atoms with E-state index in [4.69, 9.17) is 14.2 Å². The molecule has 6 nitrogen and oxygen atoms in total. The number of hydrogen-bond donors (Lipinski definition) is 1. The number of unbranched alkanes of at least 4 members (excludes halogenated alkanes) is 18. The molecule has 0 aliphatic heterocycles. The van der Waals surface area contributed by atoms with E-state index in [9.17, 15) is 9.59 Å². The van der Waals surface area contributed by atoms with Gasteiger partial charge in [0.25, 0.3) is 0 Å². The van der Waals surface area contributed by atoms with Crippen molar-refractivity contribution < 1.29 is 23.8 Å². The van der Waals surface area contributed by atoms with Crippen molar-refractivity contribution in [1.82, 2.24) is 5.32 Å². The third kappa shape index (κ3) is 31.6. The Morgan fingerprint density at radius 1 is 0.561 bits per heavy atom. The van der Waals surface area contributed by atoms with Crippen molar-refractivity contribution in [3.63, 3.8) is 0 Å². The first-order chi connectivity index (χ1) is 20.1. The van der Waals surface area contributed by atoms with Gasteiger partial charge < -0.3 is 19.5 Å². The summed E-state index contributed by atoms with van der Waals surface area (Å²) in [6, 6.07) is 0. The molecule has 0 saturated carbocycles. The number of esters is 1. The molecule has 0 bridgehead atoms. The van der Waals surface area contributed by atoms with Crippen molar-refractivity contribution in [3.05, 3.63) is 0 Å². The van der Waals surface area contributed by atoms with E-state index in [2.05, 4.69) is 19.2 Å². The van der Waals surface area contributed by atoms with Gasteiger partial charge in [0.1, 0.15) is 6.61 Å². The largest absolute Gasteiger partial charge is 0.463 e. The quantitative estimate of drug-likeness (QED) is 0.0615. The monoisotopic (exact) mass is 584 g/mol. The molecule has 0 rings (SSSR count). The summed E-state index contributed by atoms with van der Waals surface area (Å²) < 4.78 is 15.3. The van der Waals surface area contributed by atoms with E-state index in [-0.39, 0.29) is 31.3 Å². The fourth-order valence-electron chi connectivity index (χ4n) is 5.28. The Bertz CT molecular complexity index is 533. The minimum absolute atomic E-state index is 0.0468. The maximum atomic E-state index is 12.4. The molecule has 0 aromatic heterocycles. The SMILES string of the molecule is CCCCCCCCCCCCC(CCCCCCCCCCCC)CNC(=O)CCC(=O)OCCOCCOC. The van der Waals surface area contributed by atoms with E-state index in [1.54, 1.807) is 7.11 Å². The van der Waals surface area contributed by atoms with Crippen LogP contribution in [0.25, 0.3) is 0 Å². The molecule has 0 aliphatic rings. The van der Waals surface area contributed by atoms with Crippen LogP contribution in [0, 0.1) is 5.92 Å². The fourth-order valence-corrected chi connectivity index (χ4v) is 5.28. The average molecular weight is 584 g/mol. The van der Waals surface area contributed by atoms with Crippen LogP contribution in [0.4, 0.5) is 0 Å². The van der Waals surface area contributed by atoms with Gasteiger partial charge in [-0.2, -0.15) is 0 Å². The number of nitrogens with one attached hydrogen (secondary N) is 1. The molecule has 0 radical (unpaired) electrons. The summed E-state index contributed by atoms with van der Waals surface area (Å²) in [5.41, 5.74) is 0. The Morgan fingerprint density at radius 2 is 1.00 bits per heavy atom. The van der Waals surface area contributed by atoms with Crippen molar-refractivity contribution in [1.29, 1.82) is 0 Å². The van der Waals surface area contributed by atoms with Gasteiger partial charge in [0, 0.05) is 20.1 Å². The normalized spacial score (nSPS) is 11.3. The highest BCUT2D eigenvalue weighted by atomic mass is 16.6. The first-order valence-corrected chi connectivity index (χ1v) is 17.6. The molecule has 1 amide bonds. The molecule has 0 unspecified atom stereocenters. The number of methoxy groups -OCH3 is 1. The Morgan fingerprint density at radius 3 is 1.46 bits per heavy atom. The highest BCUT2D eigenvalue weighted by molar-refractivity contribution is 5.81. The highest BCUT2D eigenvalue weighted by Crippen LogP contribution is 2.20. The maximum absolute atomic E-state index is 12.4. The van der Waals surface area contributed by atoms with Crippen LogP contribution in [0.1, 0.15) is 168 Å². The van der Waals surface area contributed by atoms with Crippen LogP contribution in [0.15, 0.2) is 0 Å². The Kier molecular flexibility index (Phi) is 32.4. The molecule has 1 N–H and O–H groups in total. The molecule has 0 aromatic carbocycles. The first-order valence-electron chi connectivity index (χ1n) is 17.6. The van der Waals surface area contributed by atoms with Crippen LogP contribution in [0.2, 0.25) is 0 Å². The Hall–Kier alpha value is -1.14. The number of carbonyl (C=O) groups excluding carboxylic acids is 2. The lowest BCUT2D eigenvalue weighted by molar-refractivity contribution is -0.146. The van der Waals surface area contributed by atoms with E-state index in [1.807, 2.05) is 0 Å². The van der Waals surface area contributed by atoms with Crippen LogP contribution in [-0.4, -0.2) is 52.0 Å². The molecule has 41 heavy (non-hydrogen) atoms. The van der Waals surface area contributed by atoms with Gasteiger partial charge in [-0.25, -0.2) is 0 Å². The number of ether oxygens (including phenoxy) is 3. The zero-order valence-corrected chi connectivity index (χ0v) is 27.6. The second kappa shape index (κ2) is 33.4. The lowest BCUT2D eigenvalue weighted by atomic mass is 9.93. The standard InChI is InChI=1S/C35H69NO5/c1-4-6-8-10-12-14-16-18-20-22-24-33(25-23-21-19-17-15-13-11-9-7-5-2)32-36-34(37)26-27-35(38)41-31-30-40-29-28-39-3/h33H,4-32H2,1-3H3,(H,36,37). The van der Waals surface area contributed by atoms with Gasteiger partial charge in [-0.1, -0.05) is 142 Å². The van der Waals surface area contributed by atoms with Gasteiger partial charge >= 0.3 is 5.97 Å². The van der Waals surface area contributed by atoms with Crippen molar-refractivity contribution in [2.45, 2.75) is 168 Å². The second-order valence-corrected chi connectivity index (χ2v) is 11.9. The molecule has 0 spiro atoms. The Balaban J connectivity index is 4.15. The van der Waals surface area contributed by atoms with Crippen molar-refractivity contribution in [3.8, 4) is 0 Å². The minimum atomic E-state index is -0.345. The lowest BCUT2D eigenvalue weighted by Crippen LogP contribution is -2.30. The third-order valence-electron chi connectivity index (χ3n) is 8.00. The van der Waals surface area contributed by atoms with Crippen molar-refractivity contribution in [2.75, 3.05) is 40.1 Å². The zero-order chi connectivity index (χ0) is 30.1. The van der Waals surface area contributed by atoms with Crippen LogP contribution in [0.3, 0.4) is 0 Å². The van der Waals surface area contributed by atoms with Gasteiger partial charge in [-0.15, -0.1) is 0 Å². The molecule has 0 fully saturated rings. The van der Waals surface area contributed by atoms with E-state index < -0.39 is 0 Å². The summed E-state index contributed by atoms with van der Waals surface area (Å²) in [5, 5.41) is 3.11. The van der Waals surface area contributed by atoms with Gasteiger partial charge in [0.2, 0.25) is 5.91 Å². The molecule has 0 heterocycles. The Labute approximate surface area is 254 Å². The fraction of sp³-hybridized carbons (Fsp3) is 0.943. The summed E-state index contributed by atoms with van der Waals surface area (Å²) in [6.07, 6.45) is 29.7. The average Bonchev–Trinajstić information content (AvgIpc) is 2.98. The predicted octanol–water partition coefficient (Wildman–Crippen LogP) is 9.33. The molecule has 6 heteroatoms. The van der Waals surface area contributed by atoms with E-state index in [0.717, 1.165) is 6.54 Å². The van der Waals surface area contributed by atoms with E-state index in [1.165, 1.54) is 141 Å². The number of carbonyl (C=O) groups is 2. The molecule has 0 aromatic rings. The van der Waals surface area contributed by atoms with Crippen molar-refractivity contribution in [2.24, 2.45) is 5.92 Å². The molecule has 0 saturated heterocycles. The highest BCUT2D eigenvalue weighted by Gasteiger charge is 2.13. The van der Waals surface area contributed by atoms with Crippen LogP contribution in [0.5, 0.6) is 0 Å². The summed E-state index contributed by atoms with van der Waals surface area (Å²) in [5.74, 6) is 0.149. The summed E-state index contributed by atoms with van der Waals surface area (Å²) >= 11 is 0. The van der Waals surface area contributed by atoms with Crippen LogP contribution >= 0.6 is 0 Å². The molecular weight excluding hydrogens is 514 g/mol. The van der Waals surface area contributed by atoms with Gasteiger partial charge in [0.05, 0.1) is 26.2 Å². The predicted molar refractivity (Wildman–Crippen MR) is 172 cm³/mol. The molecular formula is C35H69NO5. The lowest BCUT2D eigenvalue weighted by Gasteiger charge is -2.18. The summed E-state index contributed by atoms with van der Waals surface area (Å²) in [6.45, 7) is 6.84. The molecule has 0 atom stereocenters. The minimum Gasteiger partial charge on any atom is -0.463 e. The van der Waals surface area contributed by atoms with E-state index in [0.29, 0.717) is 25.7 Å².